The van der Waals surface area contributed by atoms with Crippen molar-refractivity contribution in [1.29, 1.82) is 0 Å². The molecule has 0 fully saturated rings. The van der Waals surface area contributed by atoms with Gasteiger partial charge in [-0.05, 0) is 42.8 Å². The monoisotopic (exact) mass is 464 g/mol. The van der Waals surface area contributed by atoms with Gasteiger partial charge in [-0.25, -0.2) is 0 Å². The van der Waals surface area contributed by atoms with Gasteiger partial charge in [0.1, 0.15) is 5.69 Å². The Morgan fingerprint density at radius 3 is 2.62 bits per heavy atom. The number of rotatable bonds is 9. The van der Waals surface area contributed by atoms with E-state index < -0.39 is 16.7 Å². The topological polar surface area (TPSA) is 123 Å². The van der Waals surface area contributed by atoms with Crippen molar-refractivity contribution in [3.05, 3.63) is 62.1 Å². The summed E-state index contributed by atoms with van der Waals surface area (Å²) in [5.74, 6) is -0.994. The van der Waals surface area contributed by atoms with E-state index in [0.717, 1.165) is 10.0 Å². The summed E-state index contributed by atoms with van der Waals surface area (Å²) in [4.78, 5) is 35.0. The van der Waals surface area contributed by atoms with E-state index in [0.29, 0.717) is 18.8 Å². The van der Waals surface area contributed by atoms with Crippen LogP contribution in [0, 0.1) is 17.0 Å². The highest BCUT2D eigenvalue weighted by atomic mass is 79.9. The number of carbonyl (C=O) groups excluding carboxylic acids is 2. The molecule has 0 unspecified atom stereocenters. The molecule has 10 heteroatoms. The molecule has 0 saturated carbocycles. The second-order valence-electron chi connectivity index (χ2n) is 6.10. The van der Waals surface area contributed by atoms with Gasteiger partial charge in [-0.2, -0.15) is 0 Å². The number of amides is 2. The quantitative estimate of drug-likeness (QED) is 0.297. The number of hydrogen-bond donors (Lipinski definition) is 3. The number of nitrogens with zero attached hydrogens (tertiary/aromatic N) is 1. The minimum absolute atomic E-state index is 0.0845. The van der Waals surface area contributed by atoms with Crippen LogP contribution in [0.4, 0.5) is 17.1 Å². The van der Waals surface area contributed by atoms with E-state index in [9.17, 15) is 19.7 Å². The van der Waals surface area contributed by atoms with E-state index in [1.54, 1.807) is 12.1 Å². The molecule has 0 heterocycles. The van der Waals surface area contributed by atoms with E-state index in [1.807, 2.05) is 13.0 Å². The summed E-state index contributed by atoms with van der Waals surface area (Å²) in [5.41, 5.74) is 1.70. The zero-order valence-corrected chi connectivity index (χ0v) is 17.5. The first-order chi connectivity index (χ1) is 13.8. The van der Waals surface area contributed by atoms with Crippen LogP contribution in [0.1, 0.15) is 15.9 Å². The zero-order valence-electron chi connectivity index (χ0n) is 16.0. The Labute approximate surface area is 176 Å². The van der Waals surface area contributed by atoms with E-state index in [1.165, 1.54) is 25.3 Å². The Bertz CT molecular complexity index is 919. The van der Waals surface area contributed by atoms with Gasteiger partial charge < -0.3 is 20.7 Å². The van der Waals surface area contributed by atoms with Gasteiger partial charge in [0.2, 0.25) is 5.91 Å². The lowest BCUT2D eigenvalue weighted by Crippen LogP contribution is -2.32. The van der Waals surface area contributed by atoms with Crippen molar-refractivity contribution in [2.75, 3.05) is 37.4 Å². The maximum atomic E-state index is 12.3. The van der Waals surface area contributed by atoms with E-state index in [2.05, 4.69) is 31.9 Å². The minimum Gasteiger partial charge on any atom is -0.383 e. The second kappa shape index (κ2) is 10.5. The number of nitrogens with one attached hydrogen (secondary N) is 3. The zero-order chi connectivity index (χ0) is 21.4. The van der Waals surface area contributed by atoms with Gasteiger partial charge in [-0.3, -0.25) is 19.7 Å². The molecule has 29 heavy (non-hydrogen) atoms. The van der Waals surface area contributed by atoms with E-state index >= 15 is 0 Å². The molecule has 154 valence electrons. The van der Waals surface area contributed by atoms with Gasteiger partial charge in [-0.15, -0.1) is 0 Å². The van der Waals surface area contributed by atoms with Gasteiger partial charge >= 0.3 is 0 Å². The van der Waals surface area contributed by atoms with Crippen molar-refractivity contribution >= 4 is 44.8 Å². The van der Waals surface area contributed by atoms with Crippen LogP contribution < -0.4 is 16.0 Å². The maximum absolute atomic E-state index is 12.3. The molecular weight excluding hydrogens is 444 g/mol. The predicted molar refractivity (Wildman–Crippen MR) is 113 cm³/mol. The molecule has 3 N–H and O–H groups in total. The number of methoxy groups -OCH3 is 1. The molecule has 0 saturated heterocycles. The lowest BCUT2D eigenvalue weighted by Gasteiger charge is -2.10. The van der Waals surface area contributed by atoms with Crippen LogP contribution in [0.2, 0.25) is 0 Å². The molecule has 2 amide bonds. The third-order valence-electron chi connectivity index (χ3n) is 3.93. The second-order valence-corrected chi connectivity index (χ2v) is 6.96. The first kappa shape index (κ1) is 22.3. The standard InChI is InChI=1S/C19H21BrN4O5/c1-12-9-14(4-5-15(12)20)23-18(25)11-22-19(26)13-3-6-16(21-7-8-29-2)17(10-13)24(27)28/h3-6,9-10,21H,7-8,11H2,1-2H3,(H,22,26)(H,23,25). The number of carbonyl (C=O) groups is 2. The molecule has 0 atom stereocenters. The summed E-state index contributed by atoms with van der Waals surface area (Å²) in [6, 6.07) is 9.41. The number of anilines is 2. The third kappa shape index (κ3) is 6.54. The van der Waals surface area contributed by atoms with Crippen molar-refractivity contribution in [2.24, 2.45) is 0 Å². The molecule has 2 aromatic carbocycles. The van der Waals surface area contributed by atoms with Gasteiger partial charge in [-0.1, -0.05) is 15.9 Å². The van der Waals surface area contributed by atoms with E-state index in [4.69, 9.17) is 4.74 Å². The normalized spacial score (nSPS) is 10.3. The predicted octanol–water partition coefficient (Wildman–Crippen LogP) is 3.09. The molecule has 0 aliphatic rings. The Morgan fingerprint density at radius 1 is 1.21 bits per heavy atom. The van der Waals surface area contributed by atoms with Crippen molar-refractivity contribution in [3.63, 3.8) is 0 Å². The summed E-state index contributed by atoms with van der Waals surface area (Å²) < 4.78 is 5.82. The SMILES string of the molecule is COCCNc1ccc(C(=O)NCC(=O)Nc2ccc(Br)c(C)c2)cc1[N+](=O)[O-]. The number of hydrogen-bond acceptors (Lipinski definition) is 6. The molecule has 0 bridgehead atoms. The number of nitro benzene ring substituents is 1. The lowest BCUT2D eigenvalue weighted by atomic mass is 10.1. The Kier molecular flexibility index (Phi) is 8.10. The largest absolute Gasteiger partial charge is 0.383 e. The molecule has 0 aromatic heterocycles. The number of nitro groups is 1. The van der Waals surface area contributed by atoms with Crippen LogP contribution in [0.15, 0.2) is 40.9 Å². The smallest absolute Gasteiger partial charge is 0.293 e. The van der Waals surface area contributed by atoms with Crippen molar-refractivity contribution in [2.45, 2.75) is 6.92 Å². The fourth-order valence-corrected chi connectivity index (χ4v) is 2.70. The number of halogens is 1. The average Bonchev–Trinajstić information content (AvgIpc) is 2.69. The highest BCUT2D eigenvalue weighted by Crippen LogP contribution is 2.25. The van der Waals surface area contributed by atoms with Crippen molar-refractivity contribution in [1.82, 2.24) is 5.32 Å². The van der Waals surface area contributed by atoms with E-state index in [-0.39, 0.29) is 23.5 Å². The Morgan fingerprint density at radius 2 is 1.97 bits per heavy atom. The van der Waals surface area contributed by atoms with Crippen molar-refractivity contribution < 1.29 is 19.2 Å². The minimum atomic E-state index is -0.585. The molecule has 0 radical (unpaired) electrons. The number of benzene rings is 2. The summed E-state index contributed by atoms with van der Waals surface area (Å²) in [6.07, 6.45) is 0. The fraction of sp³-hybridized carbons (Fsp3) is 0.263. The number of ether oxygens (including phenoxy) is 1. The third-order valence-corrected chi connectivity index (χ3v) is 4.82. The first-order valence-corrected chi connectivity index (χ1v) is 9.46. The van der Waals surface area contributed by atoms with Gasteiger partial charge in [0, 0.05) is 35.4 Å². The number of aryl methyl sites for hydroxylation is 1. The van der Waals surface area contributed by atoms with Crippen LogP contribution in [0.5, 0.6) is 0 Å². The summed E-state index contributed by atoms with van der Waals surface area (Å²) in [5, 5.41) is 19.3. The van der Waals surface area contributed by atoms with Gasteiger partial charge in [0.05, 0.1) is 18.1 Å². The van der Waals surface area contributed by atoms with Crippen LogP contribution >= 0.6 is 15.9 Å². The molecule has 0 aliphatic carbocycles. The van der Waals surface area contributed by atoms with Crippen LogP contribution in [0.25, 0.3) is 0 Å². The molecular formula is C19H21BrN4O5. The summed E-state index contributed by atoms with van der Waals surface area (Å²) >= 11 is 3.38. The van der Waals surface area contributed by atoms with Crippen molar-refractivity contribution in [3.8, 4) is 0 Å². The van der Waals surface area contributed by atoms with Gasteiger partial charge in [0.25, 0.3) is 11.6 Å². The van der Waals surface area contributed by atoms with Crippen LogP contribution in [-0.4, -0.2) is 43.5 Å². The molecule has 0 spiro atoms. The fourth-order valence-electron chi connectivity index (χ4n) is 2.45. The Hall–Kier alpha value is -2.98. The Balaban J connectivity index is 1.98. The first-order valence-electron chi connectivity index (χ1n) is 8.67. The van der Waals surface area contributed by atoms with Gasteiger partial charge in [0.15, 0.2) is 0 Å². The highest BCUT2D eigenvalue weighted by molar-refractivity contribution is 9.10. The van der Waals surface area contributed by atoms with Crippen LogP contribution in [-0.2, 0) is 9.53 Å². The van der Waals surface area contributed by atoms with Crippen LogP contribution in [0.3, 0.4) is 0 Å². The summed E-state index contributed by atoms with van der Waals surface area (Å²) in [6.45, 7) is 2.39. The average molecular weight is 465 g/mol. The molecule has 9 nitrogen and oxygen atoms in total. The lowest BCUT2D eigenvalue weighted by molar-refractivity contribution is -0.384. The molecule has 2 aromatic rings. The molecule has 2 rings (SSSR count). The molecule has 0 aliphatic heterocycles. The summed E-state index contributed by atoms with van der Waals surface area (Å²) in [7, 11) is 1.53. The highest BCUT2D eigenvalue weighted by Gasteiger charge is 2.18. The maximum Gasteiger partial charge on any atom is 0.293 e.